The molecule has 3 saturated heterocycles. The molecule has 1 amide bonds. The van der Waals surface area contributed by atoms with Crippen LogP contribution in [-0.2, 0) is 14.2 Å². The summed E-state index contributed by atoms with van der Waals surface area (Å²) in [5.74, 6) is 0.131. The molecule has 0 saturated carbocycles. The molecular formula is C25H38FN3O4. The molecule has 1 aromatic carbocycles. The Morgan fingerprint density at radius 1 is 1.03 bits per heavy atom. The number of methoxy groups -OCH3 is 2. The molecule has 8 heteroatoms. The van der Waals surface area contributed by atoms with E-state index in [4.69, 9.17) is 14.2 Å². The number of piperazine rings is 1. The summed E-state index contributed by atoms with van der Waals surface area (Å²) in [5, 5.41) is 0. The van der Waals surface area contributed by atoms with Crippen LogP contribution >= 0.6 is 0 Å². The van der Waals surface area contributed by atoms with Gasteiger partial charge >= 0.3 is 6.09 Å². The zero-order chi connectivity index (χ0) is 23.8. The smallest absolute Gasteiger partial charge is 0.410 e. The van der Waals surface area contributed by atoms with E-state index in [9.17, 15) is 9.18 Å². The summed E-state index contributed by atoms with van der Waals surface area (Å²) in [7, 11) is 3.33. The van der Waals surface area contributed by atoms with Gasteiger partial charge in [-0.3, -0.25) is 0 Å². The molecule has 0 spiro atoms. The summed E-state index contributed by atoms with van der Waals surface area (Å²) < 4.78 is 31.3. The van der Waals surface area contributed by atoms with Crippen molar-refractivity contribution in [2.75, 3.05) is 50.2 Å². The second-order valence-electron chi connectivity index (χ2n) is 10.5. The fourth-order valence-corrected chi connectivity index (χ4v) is 5.60. The molecule has 2 bridgehead atoms. The highest BCUT2D eigenvalue weighted by Gasteiger charge is 2.42. The van der Waals surface area contributed by atoms with Crippen molar-refractivity contribution in [1.29, 1.82) is 0 Å². The third-order valence-corrected chi connectivity index (χ3v) is 7.09. The number of halogens is 1. The predicted molar refractivity (Wildman–Crippen MR) is 126 cm³/mol. The van der Waals surface area contributed by atoms with Crippen LogP contribution in [0.2, 0.25) is 0 Å². The normalized spacial score (nSPS) is 24.0. The number of ether oxygens (including phenoxy) is 3. The molecule has 0 aliphatic carbocycles. The van der Waals surface area contributed by atoms with Crippen molar-refractivity contribution in [3.63, 3.8) is 0 Å². The largest absolute Gasteiger partial charge is 0.444 e. The third-order valence-electron chi connectivity index (χ3n) is 7.09. The van der Waals surface area contributed by atoms with Gasteiger partial charge in [-0.05, 0) is 64.7 Å². The molecule has 184 valence electrons. The zero-order valence-corrected chi connectivity index (χ0v) is 20.6. The number of hydrogen-bond donors (Lipinski definition) is 0. The Kier molecular flexibility index (Phi) is 7.05. The molecular weight excluding hydrogens is 425 g/mol. The molecule has 1 aromatic rings. The van der Waals surface area contributed by atoms with Crippen molar-refractivity contribution >= 4 is 17.5 Å². The van der Waals surface area contributed by atoms with Crippen LogP contribution in [-0.4, -0.2) is 75.4 Å². The van der Waals surface area contributed by atoms with Crippen LogP contribution < -0.4 is 9.80 Å². The van der Waals surface area contributed by atoms with Crippen molar-refractivity contribution < 1.29 is 23.4 Å². The Hall–Kier alpha value is -2.06. The summed E-state index contributed by atoms with van der Waals surface area (Å²) in [5.41, 5.74) is 1.20. The van der Waals surface area contributed by atoms with Crippen molar-refractivity contribution in [2.24, 2.45) is 5.92 Å². The van der Waals surface area contributed by atoms with E-state index in [1.54, 1.807) is 20.3 Å². The third kappa shape index (κ3) is 5.22. The fourth-order valence-electron chi connectivity index (χ4n) is 5.60. The van der Waals surface area contributed by atoms with E-state index < -0.39 is 5.60 Å². The van der Waals surface area contributed by atoms with Gasteiger partial charge in [0.1, 0.15) is 11.4 Å². The maximum Gasteiger partial charge on any atom is 0.410 e. The monoisotopic (exact) mass is 463 g/mol. The average Bonchev–Trinajstić information content (AvgIpc) is 3.03. The van der Waals surface area contributed by atoms with Gasteiger partial charge in [-0.1, -0.05) is 0 Å². The lowest BCUT2D eigenvalue weighted by atomic mass is 9.95. The average molecular weight is 464 g/mol. The first-order valence-corrected chi connectivity index (χ1v) is 12.1. The molecule has 2 unspecified atom stereocenters. The lowest BCUT2D eigenvalue weighted by Crippen LogP contribution is -2.56. The van der Waals surface area contributed by atoms with E-state index in [0.29, 0.717) is 24.7 Å². The van der Waals surface area contributed by atoms with E-state index in [2.05, 4.69) is 9.80 Å². The van der Waals surface area contributed by atoms with Gasteiger partial charge in [0, 0.05) is 64.1 Å². The van der Waals surface area contributed by atoms with Crippen LogP contribution in [0.4, 0.5) is 20.6 Å². The van der Waals surface area contributed by atoms with E-state index in [0.717, 1.165) is 44.5 Å². The Morgan fingerprint density at radius 2 is 1.64 bits per heavy atom. The minimum absolute atomic E-state index is 0.188. The summed E-state index contributed by atoms with van der Waals surface area (Å²) in [4.78, 5) is 19.0. The molecule has 33 heavy (non-hydrogen) atoms. The SMILES string of the molecule is COC(OC)C1CCN(c2cc(N3C4CCC3CN(C(=O)OC(C)(C)C)C4)ccc2F)CC1. The first-order valence-electron chi connectivity index (χ1n) is 12.1. The van der Waals surface area contributed by atoms with Gasteiger partial charge in [-0.25, -0.2) is 9.18 Å². The second kappa shape index (κ2) is 9.66. The molecule has 3 fully saturated rings. The molecule has 4 rings (SSSR count). The second-order valence-corrected chi connectivity index (χ2v) is 10.5. The molecule has 3 aliphatic heterocycles. The highest BCUT2D eigenvalue weighted by molar-refractivity contribution is 5.70. The predicted octanol–water partition coefficient (Wildman–Crippen LogP) is 4.25. The lowest BCUT2D eigenvalue weighted by molar-refractivity contribution is -0.141. The Morgan fingerprint density at radius 3 is 2.18 bits per heavy atom. The van der Waals surface area contributed by atoms with Gasteiger partial charge in [0.15, 0.2) is 6.29 Å². The van der Waals surface area contributed by atoms with Crippen molar-refractivity contribution in [3.05, 3.63) is 24.0 Å². The Balaban J connectivity index is 1.45. The molecule has 0 N–H and O–H groups in total. The number of hydrogen-bond acceptors (Lipinski definition) is 6. The number of likely N-dealkylation sites (tertiary alicyclic amines) is 1. The Bertz CT molecular complexity index is 819. The molecule has 2 atom stereocenters. The summed E-state index contributed by atoms with van der Waals surface area (Å²) >= 11 is 0. The van der Waals surface area contributed by atoms with Gasteiger partial charge in [0.2, 0.25) is 0 Å². The molecule has 0 radical (unpaired) electrons. The standard InChI is InChI=1S/C25H38FN3O4/c1-25(2,3)33-24(30)28-15-19-6-7-20(16-28)29(19)18-8-9-21(26)22(14-18)27-12-10-17(11-13-27)23(31-4)32-5/h8-9,14,17,19-20,23H,6-7,10-13,15-16H2,1-5H3. The van der Waals surface area contributed by atoms with Crippen LogP contribution in [0.3, 0.4) is 0 Å². The fraction of sp³-hybridized carbons (Fsp3) is 0.720. The van der Waals surface area contributed by atoms with Crippen molar-refractivity contribution in [1.82, 2.24) is 4.90 Å². The van der Waals surface area contributed by atoms with E-state index in [-0.39, 0.29) is 30.3 Å². The van der Waals surface area contributed by atoms with E-state index in [1.807, 2.05) is 37.8 Å². The summed E-state index contributed by atoms with van der Waals surface area (Å²) in [6, 6.07) is 5.91. The number of carbonyl (C=O) groups is 1. The topological polar surface area (TPSA) is 54.5 Å². The minimum Gasteiger partial charge on any atom is -0.444 e. The van der Waals surface area contributed by atoms with E-state index in [1.165, 1.54) is 0 Å². The number of anilines is 2. The number of piperidine rings is 1. The van der Waals surface area contributed by atoms with Gasteiger partial charge in [0.25, 0.3) is 0 Å². The minimum atomic E-state index is -0.501. The number of carbonyl (C=O) groups excluding carboxylic acids is 1. The van der Waals surface area contributed by atoms with Crippen LogP contribution in [0.25, 0.3) is 0 Å². The van der Waals surface area contributed by atoms with Gasteiger partial charge in [-0.2, -0.15) is 0 Å². The molecule has 3 heterocycles. The molecule has 7 nitrogen and oxygen atoms in total. The van der Waals surface area contributed by atoms with Gasteiger partial charge < -0.3 is 28.9 Å². The maximum absolute atomic E-state index is 14.9. The quantitative estimate of drug-likeness (QED) is 0.609. The number of rotatable bonds is 5. The van der Waals surface area contributed by atoms with Crippen LogP contribution in [0.5, 0.6) is 0 Å². The van der Waals surface area contributed by atoms with Gasteiger partial charge in [0.05, 0.1) is 5.69 Å². The molecule has 3 aliphatic rings. The van der Waals surface area contributed by atoms with Crippen molar-refractivity contribution in [3.8, 4) is 0 Å². The van der Waals surface area contributed by atoms with Crippen LogP contribution in [0, 0.1) is 11.7 Å². The zero-order valence-electron chi connectivity index (χ0n) is 20.6. The molecule has 0 aromatic heterocycles. The maximum atomic E-state index is 14.9. The highest BCUT2D eigenvalue weighted by Crippen LogP contribution is 2.38. The highest BCUT2D eigenvalue weighted by atomic mass is 19.1. The first-order chi connectivity index (χ1) is 15.7. The van der Waals surface area contributed by atoms with Crippen LogP contribution in [0.1, 0.15) is 46.5 Å². The summed E-state index contributed by atoms with van der Waals surface area (Å²) in [6.45, 7) is 8.49. The number of fused-ring (bicyclic) bond motifs is 2. The van der Waals surface area contributed by atoms with Gasteiger partial charge in [-0.15, -0.1) is 0 Å². The van der Waals surface area contributed by atoms with Crippen molar-refractivity contribution in [2.45, 2.75) is 70.4 Å². The lowest BCUT2D eigenvalue weighted by Gasteiger charge is -2.43. The summed E-state index contributed by atoms with van der Waals surface area (Å²) in [6.07, 6.45) is 3.40. The number of amides is 1. The number of benzene rings is 1. The van der Waals surface area contributed by atoms with E-state index >= 15 is 0 Å². The number of nitrogens with zero attached hydrogens (tertiary/aromatic N) is 3. The Labute approximate surface area is 196 Å². The first kappa shape index (κ1) is 24.1. The van der Waals surface area contributed by atoms with Crippen LogP contribution in [0.15, 0.2) is 18.2 Å².